The van der Waals surface area contributed by atoms with Gasteiger partial charge in [0.05, 0.1) is 6.33 Å². The summed E-state index contributed by atoms with van der Waals surface area (Å²) >= 11 is 0. The van der Waals surface area contributed by atoms with Gasteiger partial charge < -0.3 is 15.2 Å². The molecule has 2 N–H and O–H groups in total. The summed E-state index contributed by atoms with van der Waals surface area (Å²) in [5, 5.41) is 6.39. The summed E-state index contributed by atoms with van der Waals surface area (Å²) in [4.78, 5) is 12.2. The third-order valence-corrected chi connectivity index (χ3v) is 2.26. The molecule has 0 aliphatic rings. The Balaban J connectivity index is 1.84. The Hall–Kier alpha value is -2.11. The SMILES string of the molecule is CCNc1cc(NCCn2ccnc2)ncn1. The Bertz CT molecular complexity index is 439. The van der Waals surface area contributed by atoms with Crippen molar-refractivity contribution in [3.8, 4) is 0 Å². The molecule has 0 saturated heterocycles. The van der Waals surface area contributed by atoms with Gasteiger partial charge in [0.2, 0.25) is 0 Å². The average Bonchev–Trinajstić information content (AvgIpc) is 2.83. The fourth-order valence-corrected chi connectivity index (χ4v) is 1.46. The van der Waals surface area contributed by atoms with Gasteiger partial charge in [0.1, 0.15) is 18.0 Å². The van der Waals surface area contributed by atoms with Crippen molar-refractivity contribution in [1.82, 2.24) is 19.5 Å². The van der Waals surface area contributed by atoms with Crippen LogP contribution in [0.3, 0.4) is 0 Å². The van der Waals surface area contributed by atoms with Gasteiger partial charge in [-0.1, -0.05) is 0 Å². The first kappa shape index (κ1) is 11.4. The summed E-state index contributed by atoms with van der Waals surface area (Å²) in [6, 6.07) is 1.90. The first-order chi connectivity index (χ1) is 8.38. The molecule has 90 valence electrons. The van der Waals surface area contributed by atoms with Crippen LogP contribution in [0.2, 0.25) is 0 Å². The largest absolute Gasteiger partial charge is 0.370 e. The van der Waals surface area contributed by atoms with E-state index in [1.165, 1.54) is 0 Å². The molecular weight excluding hydrogens is 216 g/mol. The number of nitrogens with one attached hydrogen (secondary N) is 2. The molecule has 6 heteroatoms. The number of anilines is 2. The number of imidazole rings is 1. The van der Waals surface area contributed by atoms with E-state index >= 15 is 0 Å². The van der Waals surface area contributed by atoms with Gasteiger partial charge in [-0.05, 0) is 6.92 Å². The predicted octanol–water partition coefficient (Wildman–Crippen LogP) is 1.22. The molecular formula is C11H16N6. The molecule has 2 aromatic heterocycles. The van der Waals surface area contributed by atoms with Gasteiger partial charge in [0, 0.05) is 38.1 Å². The Morgan fingerprint density at radius 2 is 2.06 bits per heavy atom. The normalized spacial score (nSPS) is 10.2. The Morgan fingerprint density at radius 1 is 1.24 bits per heavy atom. The molecule has 0 radical (unpaired) electrons. The number of nitrogens with zero attached hydrogens (tertiary/aromatic N) is 4. The lowest BCUT2D eigenvalue weighted by Gasteiger charge is -2.07. The molecule has 0 aliphatic heterocycles. The van der Waals surface area contributed by atoms with Gasteiger partial charge in [-0.3, -0.25) is 0 Å². The summed E-state index contributed by atoms with van der Waals surface area (Å²) in [7, 11) is 0. The fourth-order valence-electron chi connectivity index (χ4n) is 1.46. The summed E-state index contributed by atoms with van der Waals surface area (Å²) in [5.41, 5.74) is 0. The third kappa shape index (κ3) is 3.44. The van der Waals surface area contributed by atoms with Gasteiger partial charge in [-0.2, -0.15) is 0 Å². The molecule has 0 atom stereocenters. The van der Waals surface area contributed by atoms with E-state index < -0.39 is 0 Å². The molecule has 2 rings (SSSR count). The maximum Gasteiger partial charge on any atom is 0.131 e. The van der Waals surface area contributed by atoms with E-state index in [0.29, 0.717) is 0 Å². The van der Waals surface area contributed by atoms with Gasteiger partial charge in [-0.25, -0.2) is 15.0 Å². The maximum atomic E-state index is 4.15. The molecule has 0 spiro atoms. The van der Waals surface area contributed by atoms with Crippen molar-refractivity contribution >= 4 is 11.6 Å². The van der Waals surface area contributed by atoms with Crippen molar-refractivity contribution in [2.45, 2.75) is 13.5 Å². The number of hydrogen-bond acceptors (Lipinski definition) is 5. The summed E-state index contributed by atoms with van der Waals surface area (Å²) in [5.74, 6) is 1.67. The molecule has 0 unspecified atom stereocenters. The second kappa shape index (κ2) is 5.83. The lowest BCUT2D eigenvalue weighted by molar-refractivity contribution is 0.725. The van der Waals surface area contributed by atoms with Crippen molar-refractivity contribution in [3.05, 3.63) is 31.1 Å². The van der Waals surface area contributed by atoms with E-state index in [4.69, 9.17) is 0 Å². The molecule has 0 fully saturated rings. The zero-order chi connectivity index (χ0) is 11.9. The minimum atomic E-state index is 0.805. The summed E-state index contributed by atoms with van der Waals surface area (Å²) < 4.78 is 2.01. The lowest BCUT2D eigenvalue weighted by Crippen LogP contribution is -2.10. The maximum absolute atomic E-state index is 4.15. The second-order valence-corrected chi connectivity index (χ2v) is 3.55. The molecule has 0 amide bonds. The van der Waals surface area contributed by atoms with Crippen molar-refractivity contribution in [1.29, 1.82) is 0 Å². The van der Waals surface area contributed by atoms with Crippen molar-refractivity contribution < 1.29 is 0 Å². The standard InChI is InChI=1S/C11H16N6/c1-2-13-10-7-11(16-8-15-10)14-4-6-17-5-3-12-9-17/h3,5,7-9H,2,4,6H2,1H3,(H2,13,14,15,16). The van der Waals surface area contributed by atoms with Crippen molar-refractivity contribution in [2.75, 3.05) is 23.7 Å². The van der Waals surface area contributed by atoms with Crippen LogP contribution in [0.15, 0.2) is 31.1 Å². The first-order valence-corrected chi connectivity index (χ1v) is 5.64. The molecule has 0 aliphatic carbocycles. The topological polar surface area (TPSA) is 67.7 Å². The predicted molar refractivity (Wildman–Crippen MR) is 66.9 cm³/mol. The van der Waals surface area contributed by atoms with E-state index in [1.807, 2.05) is 23.8 Å². The molecule has 2 aromatic rings. The first-order valence-electron chi connectivity index (χ1n) is 5.64. The quantitative estimate of drug-likeness (QED) is 0.783. The molecule has 17 heavy (non-hydrogen) atoms. The molecule has 0 bridgehead atoms. The highest BCUT2D eigenvalue weighted by atomic mass is 15.1. The van der Waals surface area contributed by atoms with Crippen LogP contribution in [-0.4, -0.2) is 32.6 Å². The molecule has 0 saturated carbocycles. The lowest BCUT2D eigenvalue weighted by atomic mass is 10.5. The smallest absolute Gasteiger partial charge is 0.131 e. The Morgan fingerprint density at radius 3 is 2.76 bits per heavy atom. The van der Waals surface area contributed by atoms with Crippen molar-refractivity contribution in [3.63, 3.8) is 0 Å². The minimum Gasteiger partial charge on any atom is -0.370 e. The van der Waals surface area contributed by atoms with Crippen LogP contribution in [-0.2, 0) is 6.54 Å². The summed E-state index contributed by atoms with van der Waals surface area (Å²) in [6.45, 7) is 4.55. The van der Waals surface area contributed by atoms with Crippen LogP contribution >= 0.6 is 0 Å². The third-order valence-electron chi connectivity index (χ3n) is 2.26. The van der Waals surface area contributed by atoms with E-state index in [-0.39, 0.29) is 0 Å². The molecule has 6 nitrogen and oxygen atoms in total. The van der Waals surface area contributed by atoms with E-state index in [2.05, 4.69) is 25.6 Å². The van der Waals surface area contributed by atoms with Gasteiger partial charge in [0.25, 0.3) is 0 Å². The van der Waals surface area contributed by atoms with Crippen LogP contribution < -0.4 is 10.6 Å². The van der Waals surface area contributed by atoms with Crippen LogP contribution in [0.1, 0.15) is 6.92 Å². The Labute approximate surface area is 100 Å². The zero-order valence-electron chi connectivity index (χ0n) is 9.80. The van der Waals surface area contributed by atoms with Crippen LogP contribution in [0.5, 0.6) is 0 Å². The summed E-state index contributed by atoms with van der Waals surface area (Å²) in [6.07, 6.45) is 7.06. The van der Waals surface area contributed by atoms with Crippen molar-refractivity contribution in [2.24, 2.45) is 0 Å². The fraction of sp³-hybridized carbons (Fsp3) is 0.364. The van der Waals surface area contributed by atoms with E-state index in [1.54, 1.807) is 18.9 Å². The molecule has 0 aromatic carbocycles. The second-order valence-electron chi connectivity index (χ2n) is 3.55. The Kier molecular flexibility index (Phi) is 3.90. The van der Waals surface area contributed by atoms with Gasteiger partial charge in [-0.15, -0.1) is 0 Å². The highest BCUT2D eigenvalue weighted by Crippen LogP contribution is 2.07. The monoisotopic (exact) mass is 232 g/mol. The van der Waals surface area contributed by atoms with Crippen LogP contribution in [0.4, 0.5) is 11.6 Å². The van der Waals surface area contributed by atoms with E-state index in [9.17, 15) is 0 Å². The highest BCUT2D eigenvalue weighted by Gasteiger charge is 1.97. The van der Waals surface area contributed by atoms with Crippen LogP contribution in [0.25, 0.3) is 0 Å². The zero-order valence-corrected chi connectivity index (χ0v) is 9.80. The minimum absolute atomic E-state index is 0.805. The number of hydrogen-bond donors (Lipinski definition) is 2. The molecule has 2 heterocycles. The average molecular weight is 232 g/mol. The highest BCUT2D eigenvalue weighted by molar-refractivity contribution is 5.46. The van der Waals surface area contributed by atoms with Gasteiger partial charge >= 0.3 is 0 Å². The number of aromatic nitrogens is 4. The van der Waals surface area contributed by atoms with Gasteiger partial charge in [0.15, 0.2) is 0 Å². The van der Waals surface area contributed by atoms with Crippen LogP contribution in [0, 0.1) is 0 Å². The number of rotatable bonds is 6. The van der Waals surface area contributed by atoms with E-state index in [0.717, 1.165) is 31.3 Å².